The number of ether oxygens (including phenoxy) is 1. The van der Waals surface area contributed by atoms with Crippen molar-refractivity contribution in [2.24, 2.45) is 0 Å². The number of nitrogens with zero attached hydrogens (tertiary/aromatic N) is 3. The summed E-state index contributed by atoms with van der Waals surface area (Å²) >= 11 is 0. The molecule has 3 rings (SSSR count). The second-order valence-electron chi connectivity index (χ2n) is 5.55. The summed E-state index contributed by atoms with van der Waals surface area (Å²) in [5, 5.41) is 3.07. The third kappa shape index (κ3) is 3.33. The number of carbonyl (C=O) groups is 1. The summed E-state index contributed by atoms with van der Waals surface area (Å²) in [6.07, 6.45) is 11.1. The molecule has 22 heavy (non-hydrogen) atoms. The maximum Gasteiger partial charge on any atom is 0.270 e. The summed E-state index contributed by atoms with van der Waals surface area (Å²) in [5.41, 5.74) is 1.31. The van der Waals surface area contributed by atoms with Gasteiger partial charge in [0.05, 0.1) is 18.1 Å². The van der Waals surface area contributed by atoms with E-state index in [1.165, 1.54) is 0 Å². The van der Waals surface area contributed by atoms with E-state index < -0.39 is 0 Å². The van der Waals surface area contributed by atoms with Gasteiger partial charge < -0.3 is 14.6 Å². The van der Waals surface area contributed by atoms with Gasteiger partial charge in [0.1, 0.15) is 5.69 Å². The first-order valence-corrected chi connectivity index (χ1v) is 7.54. The van der Waals surface area contributed by atoms with Crippen molar-refractivity contribution in [3.8, 4) is 5.69 Å². The molecule has 116 valence electrons. The molecule has 0 radical (unpaired) electrons. The average molecular weight is 300 g/mol. The molecular weight excluding hydrogens is 280 g/mol. The number of carbonyl (C=O) groups excluding carboxylic acids is 1. The molecule has 0 saturated heterocycles. The number of nitrogens with one attached hydrogen (secondary N) is 1. The quantitative estimate of drug-likeness (QED) is 0.937. The van der Waals surface area contributed by atoms with E-state index in [4.69, 9.17) is 4.74 Å². The van der Waals surface area contributed by atoms with Crippen LogP contribution in [0.2, 0.25) is 0 Å². The van der Waals surface area contributed by atoms with Crippen molar-refractivity contribution in [2.75, 3.05) is 7.11 Å². The molecule has 0 unspecified atom stereocenters. The van der Waals surface area contributed by atoms with E-state index in [-0.39, 0.29) is 11.9 Å². The van der Waals surface area contributed by atoms with E-state index in [1.54, 1.807) is 31.9 Å². The second-order valence-corrected chi connectivity index (χ2v) is 5.55. The SMILES string of the molecule is COC1CCC(NC(=O)c2cc(-n3ccnc3)ccn2)CC1. The number of pyridine rings is 1. The molecule has 1 amide bonds. The lowest BCUT2D eigenvalue weighted by Crippen LogP contribution is -2.39. The highest BCUT2D eigenvalue weighted by Crippen LogP contribution is 2.21. The molecule has 0 aliphatic heterocycles. The Morgan fingerprint density at radius 1 is 1.32 bits per heavy atom. The Balaban J connectivity index is 1.64. The maximum atomic E-state index is 12.4. The van der Waals surface area contributed by atoms with E-state index in [1.807, 2.05) is 16.8 Å². The van der Waals surface area contributed by atoms with Gasteiger partial charge in [0.25, 0.3) is 5.91 Å². The van der Waals surface area contributed by atoms with Gasteiger partial charge in [-0.2, -0.15) is 0 Å². The molecule has 0 bridgehead atoms. The van der Waals surface area contributed by atoms with Crippen LogP contribution < -0.4 is 5.32 Å². The van der Waals surface area contributed by atoms with Crippen LogP contribution in [0.5, 0.6) is 0 Å². The van der Waals surface area contributed by atoms with Crippen molar-refractivity contribution in [1.82, 2.24) is 19.9 Å². The van der Waals surface area contributed by atoms with E-state index >= 15 is 0 Å². The Kier molecular flexibility index (Phi) is 4.48. The van der Waals surface area contributed by atoms with Crippen LogP contribution in [-0.4, -0.2) is 39.7 Å². The van der Waals surface area contributed by atoms with Crippen molar-refractivity contribution >= 4 is 5.91 Å². The topological polar surface area (TPSA) is 69.0 Å². The molecule has 1 saturated carbocycles. The monoisotopic (exact) mass is 300 g/mol. The lowest BCUT2D eigenvalue weighted by atomic mass is 9.93. The zero-order chi connectivity index (χ0) is 15.4. The minimum absolute atomic E-state index is 0.122. The van der Waals surface area contributed by atoms with E-state index in [0.29, 0.717) is 11.8 Å². The Morgan fingerprint density at radius 2 is 2.14 bits per heavy atom. The summed E-state index contributed by atoms with van der Waals surface area (Å²) in [6.45, 7) is 0. The summed E-state index contributed by atoms with van der Waals surface area (Å²) < 4.78 is 7.20. The smallest absolute Gasteiger partial charge is 0.270 e. The molecule has 6 nitrogen and oxygen atoms in total. The highest BCUT2D eigenvalue weighted by Gasteiger charge is 2.22. The molecule has 2 aromatic rings. The number of hydrogen-bond acceptors (Lipinski definition) is 4. The molecule has 6 heteroatoms. The van der Waals surface area contributed by atoms with Crippen LogP contribution in [0, 0.1) is 0 Å². The second kappa shape index (κ2) is 6.70. The number of rotatable bonds is 4. The van der Waals surface area contributed by atoms with Crippen LogP contribution in [0.1, 0.15) is 36.2 Å². The highest BCUT2D eigenvalue weighted by atomic mass is 16.5. The largest absolute Gasteiger partial charge is 0.381 e. The van der Waals surface area contributed by atoms with Crippen molar-refractivity contribution in [1.29, 1.82) is 0 Å². The molecule has 1 fully saturated rings. The van der Waals surface area contributed by atoms with E-state index in [0.717, 1.165) is 31.4 Å². The molecule has 1 aliphatic carbocycles. The van der Waals surface area contributed by atoms with Crippen LogP contribution in [0.3, 0.4) is 0 Å². The lowest BCUT2D eigenvalue weighted by molar-refractivity contribution is 0.0598. The third-order valence-electron chi connectivity index (χ3n) is 4.12. The molecule has 0 atom stereocenters. The van der Waals surface area contributed by atoms with Crippen LogP contribution in [0.25, 0.3) is 5.69 Å². The van der Waals surface area contributed by atoms with Gasteiger partial charge in [-0.15, -0.1) is 0 Å². The zero-order valence-electron chi connectivity index (χ0n) is 12.6. The first-order valence-electron chi connectivity index (χ1n) is 7.54. The fraction of sp³-hybridized carbons (Fsp3) is 0.438. The molecule has 0 aromatic carbocycles. The van der Waals surface area contributed by atoms with Crippen LogP contribution in [0.4, 0.5) is 0 Å². The number of amides is 1. The standard InChI is InChI=1S/C16H20N4O2/c1-22-14-4-2-12(3-5-14)19-16(21)15-10-13(6-7-18-15)20-9-8-17-11-20/h6-12,14H,2-5H2,1H3,(H,19,21). The average Bonchev–Trinajstić information content (AvgIpc) is 3.10. The Morgan fingerprint density at radius 3 is 2.82 bits per heavy atom. The van der Waals surface area contributed by atoms with Crippen molar-refractivity contribution in [3.63, 3.8) is 0 Å². The van der Waals surface area contributed by atoms with Gasteiger partial charge in [-0.3, -0.25) is 9.78 Å². The van der Waals surface area contributed by atoms with Gasteiger partial charge in [-0.1, -0.05) is 0 Å². The first-order chi connectivity index (χ1) is 10.8. The summed E-state index contributed by atoms with van der Waals surface area (Å²) in [4.78, 5) is 20.5. The highest BCUT2D eigenvalue weighted by molar-refractivity contribution is 5.92. The number of imidazole rings is 1. The van der Waals surface area contributed by atoms with E-state index in [2.05, 4.69) is 15.3 Å². The van der Waals surface area contributed by atoms with Crippen molar-refractivity contribution in [2.45, 2.75) is 37.8 Å². The van der Waals surface area contributed by atoms with Crippen molar-refractivity contribution < 1.29 is 9.53 Å². The molecule has 1 aliphatic rings. The first kappa shape index (κ1) is 14.7. The van der Waals surface area contributed by atoms with Gasteiger partial charge in [0.2, 0.25) is 0 Å². The van der Waals surface area contributed by atoms with Gasteiger partial charge in [-0.05, 0) is 37.8 Å². The maximum absolute atomic E-state index is 12.4. The molecule has 1 N–H and O–H groups in total. The van der Waals surface area contributed by atoms with Crippen molar-refractivity contribution in [3.05, 3.63) is 42.7 Å². The Labute approximate surface area is 129 Å². The van der Waals surface area contributed by atoms with Crippen LogP contribution in [0.15, 0.2) is 37.1 Å². The van der Waals surface area contributed by atoms with Gasteiger partial charge in [-0.25, -0.2) is 4.98 Å². The minimum Gasteiger partial charge on any atom is -0.381 e. The number of methoxy groups -OCH3 is 1. The van der Waals surface area contributed by atoms with Crippen LogP contribution in [-0.2, 0) is 4.74 Å². The Bertz CT molecular complexity index is 619. The molecule has 2 heterocycles. The fourth-order valence-electron chi connectivity index (χ4n) is 2.82. The minimum atomic E-state index is -0.122. The van der Waals surface area contributed by atoms with Gasteiger partial charge in [0, 0.05) is 31.7 Å². The predicted molar refractivity (Wildman–Crippen MR) is 81.9 cm³/mol. The molecular formula is C16H20N4O2. The summed E-state index contributed by atoms with van der Waals surface area (Å²) in [5.74, 6) is -0.122. The lowest BCUT2D eigenvalue weighted by Gasteiger charge is -2.28. The zero-order valence-corrected chi connectivity index (χ0v) is 12.6. The predicted octanol–water partition coefficient (Wildman–Crippen LogP) is 1.95. The number of aromatic nitrogens is 3. The Hall–Kier alpha value is -2.21. The fourth-order valence-corrected chi connectivity index (χ4v) is 2.82. The summed E-state index contributed by atoms with van der Waals surface area (Å²) in [7, 11) is 1.75. The normalized spacial score (nSPS) is 21.5. The van der Waals surface area contributed by atoms with E-state index in [9.17, 15) is 4.79 Å². The third-order valence-corrected chi connectivity index (χ3v) is 4.12. The van der Waals surface area contributed by atoms with Gasteiger partial charge in [0.15, 0.2) is 0 Å². The molecule has 2 aromatic heterocycles. The molecule has 0 spiro atoms. The van der Waals surface area contributed by atoms with Crippen LogP contribution >= 0.6 is 0 Å². The number of hydrogen-bond donors (Lipinski definition) is 1. The summed E-state index contributed by atoms with van der Waals surface area (Å²) in [6, 6.07) is 3.83. The van der Waals surface area contributed by atoms with Gasteiger partial charge >= 0.3 is 0 Å².